The zero-order valence-electron chi connectivity index (χ0n) is 12.7. The average molecular weight is 299 g/mol. The van der Waals surface area contributed by atoms with E-state index >= 15 is 0 Å². The van der Waals surface area contributed by atoms with Crippen molar-refractivity contribution in [2.75, 3.05) is 33.4 Å². The number of hydrogen-bond donors (Lipinski definition) is 1. The summed E-state index contributed by atoms with van der Waals surface area (Å²) in [6, 6.07) is 0. The van der Waals surface area contributed by atoms with E-state index in [1.54, 1.807) is 4.90 Å². The van der Waals surface area contributed by atoms with Crippen LogP contribution in [-0.2, 0) is 19.1 Å². The van der Waals surface area contributed by atoms with E-state index in [-0.39, 0.29) is 25.2 Å². The smallest absolute Gasteiger partial charge is 0.313 e. The summed E-state index contributed by atoms with van der Waals surface area (Å²) in [5, 5.41) is 9.39. The molecule has 0 bridgehead atoms. The molecule has 0 aromatic heterocycles. The first-order valence-electron chi connectivity index (χ1n) is 7.69. The Labute approximate surface area is 125 Å². The number of amides is 1. The van der Waals surface area contributed by atoms with Gasteiger partial charge in [-0.05, 0) is 32.1 Å². The van der Waals surface area contributed by atoms with E-state index in [4.69, 9.17) is 9.47 Å². The Morgan fingerprint density at radius 1 is 1.43 bits per heavy atom. The van der Waals surface area contributed by atoms with Crippen LogP contribution in [0, 0.1) is 5.41 Å². The van der Waals surface area contributed by atoms with Crippen molar-refractivity contribution in [1.29, 1.82) is 0 Å². The summed E-state index contributed by atoms with van der Waals surface area (Å²) >= 11 is 0. The molecule has 120 valence electrons. The van der Waals surface area contributed by atoms with Crippen LogP contribution in [0.25, 0.3) is 0 Å². The quantitative estimate of drug-likeness (QED) is 0.799. The molecule has 0 spiro atoms. The Hall–Kier alpha value is -1.14. The highest BCUT2D eigenvalue weighted by molar-refractivity contribution is 5.80. The Balaban J connectivity index is 1.82. The third-order valence-electron chi connectivity index (χ3n) is 4.53. The maximum absolute atomic E-state index is 12.2. The van der Waals surface area contributed by atoms with Crippen LogP contribution >= 0.6 is 0 Å². The number of methoxy groups -OCH3 is 1. The minimum Gasteiger partial charge on any atom is -0.481 e. The number of carbonyl (C=O) groups excluding carboxylic acids is 1. The number of nitrogens with zero attached hydrogens (tertiary/aromatic N) is 1. The molecule has 0 aromatic rings. The van der Waals surface area contributed by atoms with Crippen molar-refractivity contribution >= 4 is 11.9 Å². The van der Waals surface area contributed by atoms with Gasteiger partial charge in [-0.25, -0.2) is 0 Å². The lowest BCUT2D eigenvalue weighted by molar-refractivity contribution is -0.151. The lowest BCUT2D eigenvalue weighted by Crippen LogP contribution is -2.40. The number of likely N-dealkylation sites (tertiary alicyclic amines) is 1. The molecule has 6 nitrogen and oxygen atoms in total. The topological polar surface area (TPSA) is 76.1 Å². The summed E-state index contributed by atoms with van der Waals surface area (Å²) in [4.78, 5) is 25.4. The summed E-state index contributed by atoms with van der Waals surface area (Å²) in [6.07, 6.45) is 5.12. The first-order chi connectivity index (χ1) is 10.1. The molecule has 2 heterocycles. The van der Waals surface area contributed by atoms with Crippen molar-refractivity contribution in [1.82, 2.24) is 4.90 Å². The van der Waals surface area contributed by atoms with Crippen LogP contribution in [0.5, 0.6) is 0 Å². The highest BCUT2D eigenvalue weighted by atomic mass is 16.5. The van der Waals surface area contributed by atoms with Gasteiger partial charge in [-0.3, -0.25) is 9.59 Å². The molecule has 0 radical (unpaired) electrons. The largest absolute Gasteiger partial charge is 0.481 e. The first kappa shape index (κ1) is 16.2. The molecule has 6 heteroatoms. The summed E-state index contributed by atoms with van der Waals surface area (Å²) < 4.78 is 10.7. The fourth-order valence-corrected chi connectivity index (χ4v) is 3.19. The van der Waals surface area contributed by atoms with Crippen LogP contribution < -0.4 is 0 Å². The predicted octanol–water partition coefficient (Wildman–Crippen LogP) is 1.29. The van der Waals surface area contributed by atoms with E-state index in [0.29, 0.717) is 19.4 Å². The van der Waals surface area contributed by atoms with E-state index < -0.39 is 11.4 Å². The summed E-state index contributed by atoms with van der Waals surface area (Å²) in [5.41, 5.74) is -0.939. The number of carboxylic acids is 1. The van der Waals surface area contributed by atoms with Crippen molar-refractivity contribution in [2.45, 2.75) is 44.6 Å². The van der Waals surface area contributed by atoms with Crippen LogP contribution in [0.4, 0.5) is 0 Å². The average Bonchev–Trinajstić information content (AvgIpc) is 2.92. The predicted molar refractivity (Wildman–Crippen MR) is 76.0 cm³/mol. The maximum Gasteiger partial charge on any atom is 0.313 e. The van der Waals surface area contributed by atoms with Gasteiger partial charge in [0.05, 0.1) is 12.7 Å². The number of rotatable bonds is 6. The minimum absolute atomic E-state index is 0.0309. The fraction of sp³-hybridized carbons (Fsp3) is 0.867. The van der Waals surface area contributed by atoms with Gasteiger partial charge in [0.25, 0.3) is 0 Å². The fourth-order valence-electron chi connectivity index (χ4n) is 3.19. The molecule has 1 N–H and O–H groups in total. The van der Waals surface area contributed by atoms with Crippen molar-refractivity contribution in [2.24, 2.45) is 5.41 Å². The molecule has 2 fully saturated rings. The van der Waals surface area contributed by atoms with Gasteiger partial charge in [-0.1, -0.05) is 0 Å². The molecule has 0 saturated carbocycles. The third kappa shape index (κ3) is 3.95. The molecular weight excluding hydrogens is 274 g/mol. The zero-order chi connectivity index (χ0) is 15.3. The second-order valence-corrected chi connectivity index (χ2v) is 6.11. The van der Waals surface area contributed by atoms with Gasteiger partial charge in [0.2, 0.25) is 5.91 Å². The summed E-state index contributed by atoms with van der Waals surface area (Å²) in [7, 11) is 1.50. The van der Waals surface area contributed by atoms with E-state index in [1.165, 1.54) is 13.5 Å². The summed E-state index contributed by atoms with van der Waals surface area (Å²) in [6.45, 7) is 1.69. The molecule has 0 aliphatic carbocycles. The van der Waals surface area contributed by atoms with Gasteiger partial charge in [0.15, 0.2) is 0 Å². The number of ether oxygens (including phenoxy) is 2. The molecule has 2 unspecified atom stereocenters. The molecule has 2 aliphatic rings. The zero-order valence-corrected chi connectivity index (χ0v) is 12.7. The second kappa shape index (κ2) is 7.22. The van der Waals surface area contributed by atoms with Crippen LogP contribution in [0.1, 0.15) is 38.5 Å². The number of carbonyl (C=O) groups is 2. The van der Waals surface area contributed by atoms with E-state index in [9.17, 15) is 14.7 Å². The number of aliphatic carboxylic acids is 1. The molecule has 21 heavy (non-hydrogen) atoms. The van der Waals surface area contributed by atoms with Crippen LogP contribution in [0.3, 0.4) is 0 Å². The molecule has 0 aromatic carbocycles. The minimum atomic E-state index is -0.939. The molecule has 2 rings (SSSR count). The molecular formula is C15H25NO5. The Kier molecular flexibility index (Phi) is 5.58. The normalized spacial score (nSPS) is 29.6. The van der Waals surface area contributed by atoms with Crippen LogP contribution in [0.2, 0.25) is 0 Å². The van der Waals surface area contributed by atoms with Gasteiger partial charge in [0, 0.05) is 33.2 Å². The molecule has 2 aliphatic heterocycles. The van der Waals surface area contributed by atoms with E-state index in [0.717, 1.165) is 25.9 Å². The van der Waals surface area contributed by atoms with E-state index in [1.807, 2.05) is 0 Å². The lowest BCUT2D eigenvalue weighted by atomic mass is 9.88. The number of hydrogen-bond acceptors (Lipinski definition) is 4. The molecule has 1 amide bonds. The standard InChI is InChI=1S/C15H25NO5/c1-20-11-15(14(18)19)7-8-16(10-15)13(17)6-5-12-4-2-3-9-21-12/h12H,2-11H2,1H3,(H,18,19). The van der Waals surface area contributed by atoms with E-state index in [2.05, 4.69) is 0 Å². The Morgan fingerprint density at radius 2 is 2.24 bits per heavy atom. The Bertz CT molecular complexity index is 380. The van der Waals surface area contributed by atoms with Gasteiger partial charge >= 0.3 is 5.97 Å². The maximum atomic E-state index is 12.2. The van der Waals surface area contributed by atoms with Gasteiger partial charge in [-0.15, -0.1) is 0 Å². The SMILES string of the molecule is COCC1(C(=O)O)CCN(C(=O)CCC2CCCCO2)C1. The third-order valence-corrected chi connectivity index (χ3v) is 4.53. The highest BCUT2D eigenvalue weighted by Gasteiger charge is 2.46. The molecule has 2 atom stereocenters. The van der Waals surface area contributed by atoms with Gasteiger partial charge in [0.1, 0.15) is 5.41 Å². The number of carboxylic acid groups (broad SMARTS) is 1. The van der Waals surface area contributed by atoms with Crippen LogP contribution in [-0.4, -0.2) is 61.4 Å². The van der Waals surface area contributed by atoms with Crippen molar-refractivity contribution < 1.29 is 24.2 Å². The summed E-state index contributed by atoms with van der Waals surface area (Å²) in [5.74, 6) is -0.848. The monoisotopic (exact) mass is 299 g/mol. The first-order valence-corrected chi connectivity index (χ1v) is 7.69. The van der Waals surface area contributed by atoms with Gasteiger partial charge < -0.3 is 19.5 Å². The van der Waals surface area contributed by atoms with Crippen molar-refractivity contribution in [3.05, 3.63) is 0 Å². The van der Waals surface area contributed by atoms with Crippen molar-refractivity contribution in [3.63, 3.8) is 0 Å². The van der Waals surface area contributed by atoms with Crippen LogP contribution in [0.15, 0.2) is 0 Å². The van der Waals surface area contributed by atoms with Crippen molar-refractivity contribution in [3.8, 4) is 0 Å². The lowest BCUT2D eigenvalue weighted by Gasteiger charge is -2.25. The second-order valence-electron chi connectivity index (χ2n) is 6.11. The highest BCUT2D eigenvalue weighted by Crippen LogP contribution is 2.32. The Morgan fingerprint density at radius 3 is 2.86 bits per heavy atom. The molecule has 2 saturated heterocycles. The van der Waals surface area contributed by atoms with Gasteiger partial charge in [-0.2, -0.15) is 0 Å².